The van der Waals surface area contributed by atoms with Crippen molar-refractivity contribution in [3.8, 4) is 5.69 Å². The van der Waals surface area contributed by atoms with Crippen molar-refractivity contribution in [2.45, 2.75) is 26.8 Å². The molecule has 0 spiro atoms. The summed E-state index contributed by atoms with van der Waals surface area (Å²) in [7, 11) is 0. The summed E-state index contributed by atoms with van der Waals surface area (Å²) in [5.41, 5.74) is 0.756. The van der Waals surface area contributed by atoms with Crippen LogP contribution in [0.2, 0.25) is 0 Å². The van der Waals surface area contributed by atoms with Gasteiger partial charge < -0.3 is 4.90 Å². The Labute approximate surface area is 149 Å². The van der Waals surface area contributed by atoms with E-state index in [1.54, 1.807) is 17.0 Å². The van der Waals surface area contributed by atoms with E-state index in [1.807, 2.05) is 13.8 Å². The lowest BCUT2D eigenvalue weighted by Crippen LogP contribution is -2.32. The second-order valence-corrected chi connectivity index (χ2v) is 5.83. The number of nitrogens with zero attached hydrogens (tertiary/aromatic N) is 5. The number of fused-ring (bicyclic) bond motifs is 1. The molecule has 1 aromatic carbocycles. The van der Waals surface area contributed by atoms with Crippen LogP contribution < -0.4 is 5.56 Å². The van der Waals surface area contributed by atoms with Crippen molar-refractivity contribution >= 4 is 16.9 Å². The van der Waals surface area contributed by atoms with Crippen molar-refractivity contribution in [3.05, 3.63) is 53.0 Å². The molecule has 0 fully saturated rings. The minimum atomic E-state index is -0.349. The molecule has 2 heterocycles. The summed E-state index contributed by atoms with van der Waals surface area (Å²) in [5, 5.41) is 4.54. The van der Waals surface area contributed by atoms with E-state index in [1.165, 1.54) is 33.9 Å². The van der Waals surface area contributed by atoms with Crippen LogP contribution in [-0.4, -0.2) is 43.2 Å². The first-order chi connectivity index (χ1) is 12.5. The highest BCUT2D eigenvalue weighted by atomic mass is 19.1. The van der Waals surface area contributed by atoms with Crippen LogP contribution >= 0.6 is 0 Å². The topological polar surface area (TPSA) is 73.0 Å². The smallest absolute Gasteiger partial charge is 0.264 e. The zero-order chi connectivity index (χ0) is 18.7. The zero-order valence-electron chi connectivity index (χ0n) is 14.7. The first kappa shape index (κ1) is 17.8. The molecule has 0 unspecified atom stereocenters. The molecule has 3 rings (SSSR count). The summed E-state index contributed by atoms with van der Waals surface area (Å²) in [5.74, 6) is -0.345. The third-order valence-corrected chi connectivity index (χ3v) is 4.31. The molecule has 8 heteroatoms. The number of rotatable bonds is 6. The number of halogens is 1. The van der Waals surface area contributed by atoms with Gasteiger partial charge >= 0.3 is 0 Å². The zero-order valence-corrected chi connectivity index (χ0v) is 14.7. The molecule has 0 saturated carbocycles. The number of hydrogen-bond donors (Lipinski definition) is 0. The monoisotopic (exact) mass is 357 g/mol. The average Bonchev–Trinajstić information content (AvgIpc) is 3.08. The van der Waals surface area contributed by atoms with E-state index in [2.05, 4.69) is 10.1 Å². The van der Waals surface area contributed by atoms with Gasteiger partial charge in [0.2, 0.25) is 5.91 Å². The maximum atomic E-state index is 13.1. The Balaban J connectivity index is 1.87. The van der Waals surface area contributed by atoms with Crippen molar-refractivity contribution < 1.29 is 9.18 Å². The van der Waals surface area contributed by atoms with Gasteiger partial charge in [0, 0.05) is 26.1 Å². The highest BCUT2D eigenvalue weighted by Crippen LogP contribution is 2.14. The number of carbonyl (C=O) groups excluding carboxylic acids is 1. The molecule has 26 heavy (non-hydrogen) atoms. The molecule has 2 aromatic heterocycles. The number of aromatic nitrogens is 4. The van der Waals surface area contributed by atoms with Crippen molar-refractivity contribution in [3.63, 3.8) is 0 Å². The highest BCUT2D eigenvalue weighted by molar-refractivity contribution is 5.76. The molecule has 0 N–H and O–H groups in total. The number of benzene rings is 1. The Morgan fingerprint density at radius 3 is 2.54 bits per heavy atom. The highest BCUT2D eigenvalue weighted by Gasteiger charge is 2.14. The second kappa shape index (κ2) is 7.47. The largest absolute Gasteiger partial charge is 0.343 e. The number of carbonyl (C=O) groups is 1. The van der Waals surface area contributed by atoms with Gasteiger partial charge in [0.15, 0.2) is 5.65 Å². The van der Waals surface area contributed by atoms with Gasteiger partial charge in [-0.1, -0.05) is 0 Å². The number of amides is 1. The normalized spacial score (nSPS) is 11.0. The molecular weight excluding hydrogens is 337 g/mol. The molecule has 0 saturated heterocycles. The van der Waals surface area contributed by atoms with Crippen LogP contribution in [0.5, 0.6) is 0 Å². The first-order valence-electron chi connectivity index (χ1n) is 8.52. The van der Waals surface area contributed by atoms with Crippen LogP contribution in [0.1, 0.15) is 20.3 Å². The van der Waals surface area contributed by atoms with Gasteiger partial charge in [-0.2, -0.15) is 5.10 Å². The van der Waals surface area contributed by atoms with Crippen molar-refractivity contribution in [1.82, 2.24) is 24.2 Å². The fourth-order valence-corrected chi connectivity index (χ4v) is 2.83. The first-order valence-corrected chi connectivity index (χ1v) is 8.52. The van der Waals surface area contributed by atoms with E-state index in [-0.39, 0.29) is 30.2 Å². The summed E-state index contributed by atoms with van der Waals surface area (Å²) in [6.45, 7) is 5.40. The maximum absolute atomic E-state index is 13.1. The molecule has 7 nitrogen and oxygen atoms in total. The maximum Gasteiger partial charge on any atom is 0.264 e. The lowest BCUT2D eigenvalue weighted by Gasteiger charge is -2.18. The van der Waals surface area contributed by atoms with Gasteiger partial charge in [0.1, 0.15) is 11.2 Å². The van der Waals surface area contributed by atoms with E-state index >= 15 is 0 Å². The quantitative estimate of drug-likeness (QED) is 0.676. The Bertz CT molecular complexity index is 973. The number of aryl methyl sites for hydroxylation is 1. The predicted octanol–water partition coefficient (Wildman–Crippen LogP) is 1.98. The van der Waals surface area contributed by atoms with Gasteiger partial charge in [-0.15, -0.1) is 0 Å². The van der Waals surface area contributed by atoms with Crippen molar-refractivity contribution in [1.29, 1.82) is 0 Å². The van der Waals surface area contributed by atoms with Crippen LogP contribution in [0.3, 0.4) is 0 Å². The fourth-order valence-electron chi connectivity index (χ4n) is 2.83. The molecule has 0 aliphatic heterocycles. The third-order valence-electron chi connectivity index (χ3n) is 4.31. The molecule has 3 aromatic rings. The van der Waals surface area contributed by atoms with E-state index in [0.29, 0.717) is 29.8 Å². The molecule has 136 valence electrons. The van der Waals surface area contributed by atoms with Crippen molar-refractivity contribution in [2.24, 2.45) is 0 Å². The standard InChI is InChI=1S/C18H20FN5O2/c1-3-22(4-2)16(25)9-10-23-12-20-17-15(18(23)26)11-21-24(17)14-7-5-13(19)6-8-14/h5-8,11-12H,3-4,9-10H2,1-2H3. The summed E-state index contributed by atoms with van der Waals surface area (Å²) in [6.07, 6.45) is 3.10. The SMILES string of the molecule is CCN(CC)C(=O)CCn1cnc2c(cnn2-c2ccc(F)cc2)c1=O. The van der Waals surface area contributed by atoms with E-state index in [0.717, 1.165) is 0 Å². The van der Waals surface area contributed by atoms with Gasteiger partial charge in [-0.05, 0) is 38.1 Å². The van der Waals surface area contributed by atoms with Crippen LogP contribution in [-0.2, 0) is 11.3 Å². The minimum Gasteiger partial charge on any atom is -0.343 e. The van der Waals surface area contributed by atoms with Gasteiger partial charge in [-0.25, -0.2) is 14.1 Å². The summed E-state index contributed by atoms with van der Waals surface area (Å²) >= 11 is 0. The molecule has 0 atom stereocenters. The minimum absolute atomic E-state index is 0.00371. The Morgan fingerprint density at radius 2 is 1.88 bits per heavy atom. The van der Waals surface area contributed by atoms with Crippen LogP contribution in [0.15, 0.2) is 41.6 Å². The van der Waals surface area contributed by atoms with Crippen LogP contribution in [0.25, 0.3) is 16.7 Å². The van der Waals surface area contributed by atoms with Gasteiger partial charge in [0.25, 0.3) is 5.56 Å². The molecule has 1 amide bonds. The Hall–Kier alpha value is -3.03. The number of hydrogen-bond acceptors (Lipinski definition) is 4. The lowest BCUT2D eigenvalue weighted by atomic mass is 10.3. The van der Waals surface area contributed by atoms with E-state index in [9.17, 15) is 14.0 Å². The van der Waals surface area contributed by atoms with Crippen molar-refractivity contribution in [2.75, 3.05) is 13.1 Å². The lowest BCUT2D eigenvalue weighted by molar-refractivity contribution is -0.131. The molecule has 0 aliphatic rings. The van der Waals surface area contributed by atoms with Crippen LogP contribution in [0, 0.1) is 5.82 Å². The Kier molecular flexibility index (Phi) is 5.11. The second-order valence-electron chi connectivity index (χ2n) is 5.83. The molecule has 0 bridgehead atoms. The Morgan fingerprint density at radius 1 is 1.19 bits per heavy atom. The summed E-state index contributed by atoms with van der Waals surface area (Å²) in [6, 6.07) is 5.78. The van der Waals surface area contributed by atoms with E-state index < -0.39 is 0 Å². The predicted molar refractivity (Wildman–Crippen MR) is 95.6 cm³/mol. The van der Waals surface area contributed by atoms with Gasteiger partial charge in [-0.3, -0.25) is 14.2 Å². The summed E-state index contributed by atoms with van der Waals surface area (Å²) < 4.78 is 16.0. The molecule has 0 aliphatic carbocycles. The molecule has 0 radical (unpaired) electrons. The fraction of sp³-hybridized carbons (Fsp3) is 0.333. The molecular formula is C18H20FN5O2. The van der Waals surface area contributed by atoms with Gasteiger partial charge in [0.05, 0.1) is 18.2 Å². The van der Waals surface area contributed by atoms with E-state index in [4.69, 9.17) is 0 Å². The summed E-state index contributed by atoms with van der Waals surface area (Å²) in [4.78, 5) is 30.8. The van der Waals surface area contributed by atoms with Crippen LogP contribution in [0.4, 0.5) is 4.39 Å². The average molecular weight is 357 g/mol. The third kappa shape index (κ3) is 3.35.